The third kappa shape index (κ3) is 4.38. The van der Waals surface area contributed by atoms with Crippen LogP contribution in [0.3, 0.4) is 0 Å². The van der Waals surface area contributed by atoms with E-state index >= 15 is 0 Å². The number of hydrogen-bond acceptors (Lipinski definition) is 4. The highest BCUT2D eigenvalue weighted by atomic mass is 35.5. The van der Waals surface area contributed by atoms with Crippen molar-refractivity contribution in [3.8, 4) is 0 Å². The first kappa shape index (κ1) is 15.1. The molecule has 0 aliphatic carbocycles. The van der Waals surface area contributed by atoms with Gasteiger partial charge in [0, 0.05) is 11.6 Å². The Labute approximate surface area is 117 Å². The largest absolute Gasteiger partial charge is 0.409 e. The number of nitrogens with zero attached hydrogens (tertiary/aromatic N) is 2. The first-order chi connectivity index (χ1) is 8.47. The molecular weight excluding hydrogens is 270 g/mol. The molecule has 1 aromatic heterocycles. The number of oxime groups is 1. The average Bonchev–Trinajstić information content (AvgIpc) is 2.35. The molecule has 0 fully saturated rings. The summed E-state index contributed by atoms with van der Waals surface area (Å²) in [5.74, 6) is 1.17. The highest BCUT2D eigenvalue weighted by Crippen LogP contribution is 2.28. The Balaban J connectivity index is 2.38. The average molecular weight is 288 g/mol. The molecule has 0 unspecified atom stereocenters. The Morgan fingerprint density at radius 2 is 2.33 bits per heavy atom. The van der Waals surface area contributed by atoms with Crippen LogP contribution in [0.2, 0.25) is 5.02 Å². The third-order valence-corrected chi connectivity index (χ3v) is 4.22. The van der Waals surface area contributed by atoms with Gasteiger partial charge in [0.15, 0.2) is 0 Å². The van der Waals surface area contributed by atoms with E-state index in [1.807, 2.05) is 26.0 Å². The summed E-state index contributed by atoms with van der Waals surface area (Å²) in [5, 5.41) is 13.3. The highest BCUT2D eigenvalue weighted by molar-refractivity contribution is 7.99. The van der Waals surface area contributed by atoms with Gasteiger partial charge in [0.05, 0.1) is 5.02 Å². The fraction of sp³-hybridized carbons (Fsp3) is 0.500. The van der Waals surface area contributed by atoms with Crippen LogP contribution in [0.4, 0.5) is 0 Å². The lowest BCUT2D eigenvalue weighted by Gasteiger charge is -2.22. The Hall–Kier alpha value is -0.940. The van der Waals surface area contributed by atoms with Crippen LogP contribution in [0, 0.1) is 5.41 Å². The quantitative estimate of drug-likeness (QED) is 0.210. The summed E-state index contributed by atoms with van der Waals surface area (Å²) in [7, 11) is 0. The number of hydrogen-bond donors (Lipinski definition) is 2. The molecule has 100 valence electrons. The predicted octanol–water partition coefficient (Wildman–Crippen LogP) is 3.38. The Morgan fingerprint density at radius 3 is 2.94 bits per heavy atom. The minimum absolute atomic E-state index is 0.267. The van der Waals surface area contributed by atoms with Gasteiger partial charge in [0.1, 0.15) is 10.9 Å². The zero-order valence-corrected chi connectivity index (χ0v) is 12.1. The molecule has 0 spiro atoms. The van der Waals surface area contributed by atoms with Crippen LogP contribution < -0.4 is 5.73 Å². The van der Waals surface area contributed by atoms with Gasteiger partial charge in [-0.2, -0.15) is 0 Å². The van der Waals surface area contributed by atoms with Crippen LogP contribution in [0.5, 0.6) is 0 Å². The van der Waals surface area contributed by atoms with E-state index in [4.69, 9.17) is 22.5 Å². The molecular formula is C12H18ClN3OS. The maximum atomic E-state index is 8.67. The second-order valence-corrected chi connectivity index (χ2v) is 6.10. The van der Waals surface area contributed by atoms with E-state index < -0.39 is 0 Å². The zero-order chi connectivity index (χ0) is 13.6. The van der Waals surface area contributed by atoms with Crippen LogP contribution in [-0.4, -0.2) is 21.8 Å². The van der Waals surface area contributed by atoms with Crippen LogP contribution in [0.25, 0.3) is 0 Å². The minimum Gasteiger partial charge on any atom is -0.409 e. The van der Waals surface area contributed by atoms with Crippen molar-refractivity contribution < 1.29 is 5.21 Å². The van der Waals surface area contributed by atoms with E-state index in [0.717, 1.165) is 23.6 Å². The van der Waals surface area contributed by atoms with Crippen LogP contribution in [-0.2, 0) is 0 Å². The number of nitrogens with two attached hydrogens (primary N) is 1. The third-order valence-electron chi connectivity index (χ3n) is 2.71. The standard InChI is InChI=1S/C12H18ClN3OS/c1-12(2,11(14)16-17)6-4-8-18-10-9(13)5-3-7-15-10/h3,5,7,17H,4,6,8H2,1-2H3,(H2,14,16). The number of amidine groups is 1. The van der Waals surface area contributed by atoms with E-state index in [1.165, 1.54) is 0 Å². The van der Waals surface area contributed by atoms with Crippen molar-refractivity contribution in [3.63, 3.8) is 0 Å². The van der Waals surface area contributed by atoms with Gasteiger partial charge in [0.2, 0.25) is 0 Å². The minimum atomic E-state index is -0.288. The number of aromatic nitrogens is 1. The molecule has 4 nitrogen and oxygen atoms in total. The number of halogens is 1. The number of thioether (sulfide) groups is 1. The number of rotatable bonds is 6. The molecule has 0 aliphatic rings. The first-order valence-electron chi connectivity index (χ1n) is 5.68. The van der Waals surface area contributed by atoms with Gasteiger partial charge in [0.25, 0.3) is 0 Å². The first-order valence-corrected chi connectivity index (χ1v) is 7.05. The monoisotopic (exact) mass is 287 g/mol. The lowest BCUT2D eigenvalue weighted by atomic mass is 9.87. The molecule has 0 saturated carbocycles. The SMILES string of the molecule is CC(C)(CCCSc1ncccc1Cl)C(N)=NO. The molecule has 0 aliphatic heterocycles. The summed E-state index contributed by atoms with van der Waals surface area (Å²) < 4.78 is 0. The molecule has 0 bridgehead atoms. The molecule has 0 saturated heterocycles. The van der Waals surface area contributed by atoms with Gasteiger partial charge in [-0.1, -0.05) is 30.6 Å². The van der Waals surface area contributed by atoms with E-state index in [-0.39, 0.29) is 11.3 Å². The molecule has 3 N–H and O–H groups in total. The summed E-state index contributed by atoms with van der Waals surface area (Å²) in [6.45, 7) is 3.92. The molecule has 18 heavy (non-hydrogen) atoms. The van der Waals surface area contributed by atoms with Gasteiger partial charge in [-0.25, -0.2) is 4.98 Å². The zero-order valence-electron chi connectivity index (χ0n) is 10.6. The topological polar surface area (TPSA) is 71.5 Å². The second kappa shape index (κ2) is 6.85. The van der Waals surface area contributed by atoms with Crippen LogP contribution in [0.15, 0.2) is 28.5 Å². The van der Waals surface area contributed by atoms with Gasteiger partial charge in [-0.05, 0) is 30.7 Å². The van der Waals surface area contributed by atoms with Crippen molar-refractivity contribution in [2.24, 2.45) is 16.3 Å². The van der Waals surface area contributed by atoms with Crippen LogP contribution >= 0.6 is 23.4 Å². The van der Waals surface area contributed by atoms with E-state index in [0.29, 0.717) is 5.02 Å². The Bertz CT molecular complexity index is 424. The molecule has 6 heteroatoms. The lowest BCUT2D eigenvalue weighted by molar-refractivity contribution is 0.305. The highest BCUT2D eigenvalue weighted by Gasteiger charge is 2.22. The van der Waals surface area contributed by atoms with Crippen molar-refractivity contribution in [2.75, 3.05) is 5.75 Å². The molecule has 1 heterocycles. The molecule has 1 rings (SSSR count). The maximum Gasteiger partial charge on any atom is 0.144 e. The Kier molecular flexibility index (Phi) is 5.75. The van der Waals surface area contributed by atoms with E-state index in [1.54, 1.807) is 18.0 Å². The summed E-state index contributed by atoms with van der Waals surface area (Å²) in [6.07, 6.45) is 3.52. The normalized spacial score (nSPS) is 12.7. The summed E-state index contributed by atoms with van der Waals surface area (Å²) in [5.41, 5.74) is 5.34. The summed E-state index contributed by atoms with van der Waals surface area (Å²) >= 11 is 7.63. The molecule has 0 aromatic carbocycles. The van der Waals surface area contributed by atoms with Crippen molar-refractivity contribution >= 4 is 29.2 Å². The Morgan fingerprint density at radius 1 is 1.61 bits per heavy atom. The summed E-state index contributed by atoms with van der Waals surface area (Å²) in [4.78, 5) is 4.21. The van der Waals surface area contributed by atoms with Crippen molar-refractivity contribution in [1.29, 1.82) is 0 Å². The lowest BCUT2D eigenvalue weighted by Crippen LogP contribution is -2.31. The van der Waals surface area contributed by atoms with Gasteiger partial charge >= 0.3 is 0 Å². The van der Waals surface area contributed by atoms with Crippen LogP contribution in [0.1, 0.15) is 26.7 Å². The second-order valence-electron chi connectivity index (χ2n) is 4.61. The molecule has 0 radical (unpaired) electrons. The fourth-order valence-electron chi connectivity index (χ4n) is 1.42. The molecule has 0 amide bonds. The summed E-state index contributed by atoms with van der Waals surface area (Å²) in [6, 6.07) is 3.64. The van der Waals surface area contributed by atoms with E-state index in [2.05, 4.69) is 10.1 Å². The smallest absolute Gasteiger partial charge is 0.144 e. The van der Waals surface area contributed by atoms with Gasteiger partial charge < -0.3 is 10.9 Å². The fourth-order valence-corrected chi connectivity index (χ4v) is 2.53. The number of pyridine rings is 1. The molecule has 0 atom stereocenters. The van der Waals surface area contributed by atoms with E-state index in [9.17, 15) is 0 Å². The van der Waals surface area contributed by atoms with Crippen molar-refractivity contribution in [1.82, 2.24) is 4.98 Å². The predicted molar refractivity (Wildman–Crippen MR) is 76.4 cm³/mol. The van der Waals surface area contributed by atoms with Crippen molar-refractivity contribution in [3.05, 3.63) is 23.4 Å². The van der Waals surface area contributed by atoms with Gasteiger partial charge in [-0.15, -0.1) is 11.8 Å². The maximum absolute atomic E-state index is 8.67. The van der Waals surface area contributed by atoms with Gasteiger partial charge in [-0.3, -0.25) is 0 Å². The van der Waals surface area contributed by atoms with Crippen molar-refractivity contribution in [2.45, 2.75) is 31.7 Å². The molecule has 1 aromatic rings.